The molecule has 0 aliphatic heterocycles. The van der Waals surface area contributed by atoms with Crippen molar-refractivity contribution in [3.63, 3.8) is 0 Å². The number of nitrogens with one attached hydrogen (secondary N) is 2. The number of aromatic nitrogens is 3. The molecule has 9 heteroatoms. The van der Waals surface area contributed by atoms with Crippen LogP contribution in [0.3, 0.4) is 0 Å². The third-order valence-electron chi connectivity index (χ3n) is 10.00. The summed E-state index contributed by atoms with van der Waals surface area (Å²) in [7, 11) is -1.28. The second kappa shape index (κ2) is 14.6. The highest BCUT2D eigenvalue weighted by Crippen LogP contribution is 2.61. The van der Waals surface area contributed by atoms with E-state index < -0.39 is 8.07 Å². The van der Waals surface area contributed by atoms with E-state index in [2.05, 4.69) is 34.5 Å². The SMILES string of the molecule is CCC(=O)CCCCC[C@H](NC(=O)[C@H]1CC12CCCCC2)c1ncc(-c2ccc3c(=O)[nH]ccc3c2)n1COCC[Si](C)(C)C. The molecule has 1 spiro atoms. The second-order valence-corrected chi connectivity index (χ2v) is 20.2. The maximum absolute atomic E-state index is 13.8. The number of carbonyl (C=O) groups is 2. The number of ketones is 1. The molecule has 45 heavy (non-hydrogen) atoms. The van der Waals surface area contributed by atoms with Gasteiger partial charge in [0.25, 0.3) is 5.56 Å². The molecule has 2 aliphatic rings. The van der Waals surface area contributed by atoms with Crippen molar-refractivity contribution in [2.75, 3.05) is 6.61 Å². The van der Waals surface area contributed by atoms with Crippen molar-refractivity contribution in [1.82, 2.24) is 19.9 Å². The highest BCUT2D eigenvalue weighted by molar-refractivity contribution is 6.76. The van der Waals surface area contributed by atoms with Crippen LogP contribution in [0.2, 0.25) is 25.7 Å². The number of benzene rings is 1. The Bertz CT molecular complexity index is 1530. The van der Waals surface area contributed by atoms with Crippen LogP contribution in [0.15, 0.2) is 41.5 Å². The lowest BCUT2D eigenvalue weighted by atomic mass is 9.84. The minimum Gasteiger partial charge on any atom is -0.361 e. The molecular weight excluding hydrogens is 581 g/mol. The number of Topliss-reactive ketones (excluding diaryl/α,β-unsaturated/α-hetero) is 1. The normalized spacial score (nSPS) is 18.3. The Hall–Kier alpha value is -3.04. The Morgan fingerprint density at radius 2 is 1.93 bits per heavy atom. The number of pyridine rings is 1. The lowest BCUT2D eigenvalue weighted by Crippen LogP contribution is -2.34. The quantitative estimate of drug-likeness (QED) is 0.124. The van der Waals surface area contributed by atoms with Crippen LogP contribution in [0, 0.1) is 11.3 Å². The highest BCUT2D eigenvalue weighted by atomic mass is 28.3. The summed E-state index contributed by atoms with van der Waals surface area (Å²) in [4.78, 5) is 45.7. The van der Waals surface area contributed by atoms with Crippen LogP contribution in [0.5, 0.6) is 0 Å². The van der Waals surface area contributed by atoms with Crippen LogP contribution >= 0.6 is 0 Å². The fourth-order valence-electron chi connectivity index (χ4n) is 7.01. The van der Waals surface area contributed by atoms with Crippen LogP contribution in [-0.4, -0.2) is 40.9 Å². The van der Waals surface area contributed by atoms with E-state index in [4.69, 9.17) is 9.72 Å². The van der Waals surface area contributed by atoms with Gasteiger partial charge in [-0.05, 0) is 67.1 Å². The summed E-state index contributed by atoms with van der Waals surface area (Å²) < 4.78 is 8.42. The van der Waals surface area contributed by atoms with Crippen molar-refractivity contribution < 1.29 is 14.3 Å². The third kappa shape index (κ3) is 8.41. The highest BCUT2D eigenvalue weighted by Gasteiger charge is 2.57. The van der Waals surface area contributed by atoms with Crippen molar-refractivity contribution in [2.45, 2.75) is 122 Å². The molecule has 2 saturated carbocycles. The molecule has 2 aromatic heterocycles. The topological polar surface area (TPSA) is 106 Å². The largest absolute Gasteiger partial charge is 0.361 e. The molecule has 5 rings (SSSR count). The smallest absolute Gasteiger partial charge is 0.255 e. The van der Waals surface area contributed by atoms with Crippen molar-refractivity contribution in [3.8, 4) is 11.3 Å². The van der Waals surface area contributed by atoms with Crippen molar-refractivity contribution in [3.05, 3.63) is 52.8 Å². The van der Waals surface area contributed by atoms with Gasteiger partial charge >= 0.3 is 0 Å². The number of imidazole rings is 1. The van der Waals surface area contributed by atoms with Crippen molar-refractivity contribution >= 4 is 30.5 Å². The Labute approximate surface area is 268 Å². The Morgan fingerprint density at radius 3 is 2.69 bits per heavy atom. The number of rotatable bonds is 16. The zero-order chi connectivity index (χ0) is 32.0. The van der Waals surface area contributed by atoms with Gasteiger partial charge in [0.15, 0.2) is 0 Å². The van der Waals surface area contributed by atoms with E-state index >= 15 is 0 Å². The number of hydrogen-bond donors (Lipinski definition) is 2. The lowest BCUT2D eigenvalue weighted by Gasteiger charge is -2.24. The fourth-order valence-corrected chi connectivity index (χ4v) is 7.77. The summed E-state index contributed by atoms with van der Waals surface area (Å²) in [6.45, 7) is 9.97. The van der Waals surface area contributed by atoms with Gasteiger partial charge in [-0.25, -0.2) is 4.98 Å². The minimum atomic E-state index is -1.28. The zero-order valence-electron chi connectivity index (χ0n) is 27.8. The first kappa shape index (κ1) is 33.3. The number of amides is 1. The Balaban J connectivity index is 1.42. The van der Waals surface area contributed by atoms with E-state index in [1.165, 1.54) is 19.3 Å². The van der Waals surface area contributed by atoms with E-state index in [0.29, 0.717) is 37.3 Å². The number of carbonyl (C=O) groups excluding carboxylic acids is 2. The van der Waals surface area contributed by atoms with E-state index in [1.54, 1.807) is 6.20 Å². The number of H-pyrrole nitrogens is 1. The monoisotopic (exact) mass is 632 g/mol. The van der Waals surface area contributed by atoms with Crippen LogP contribution in [-0.2, 0) is 21.1 Å². The number of hydrogen-bond acceptors (Lipinski definition) is 5. The van der Waals surface area contributed by atoms with Gasteiger partial charge in [-0.1, -0.05) is 64.7 Å². The molecular formula is C36H52N4O4Si. The van der Waals surface area contributed by atoms with E-state index in [9.17, 15) is 14.4 Å². The molecule has 1 aromatic carbocycles. The molecule has 2 N–H and O–H groups in total. The molecule has 0 radical (unpaired) electrons. The average molecular weight is 633 g/mol. The van der Waals surface area contributed by atoms with Crippen LogP contribution in [0.4, 0.5) is 0 Å². The second-order valence-electron chi connectivity index (χ2n) is 14.6. The summed E-state index contributed by atoms with van der Waals surface area (Å²) in [6, 6.07) is 8.57. The Morgan fingerprint density at radius 1 is 1.13 bits per heavy atom. The molecule has 244 valence electrons. The van der Waals surface area contributed by atoms with Crippen LogP contribution in [0.25, 0.3) is 22.0 Å². The predicted octanol–water partition coefficient (Wildman–Crippen LogP) is 7.76. The average Bonchev–Trinajstić information content (AvgIpc) is 3.53. The standard InChI is InChI=1S/C36H52N4O4Si/c1-5-28(41)12-8-6-9-13-31(39-35(43)30-23-36(30)17-10-7-11-18-36)33-38-24-32(40(33)25-44-20-21-45(2,3)4)27-14-15-29-26(22-27)16-19-37-34(29)42/h14-16,19,22,24,30-31H,5-13,17-18,20-21,23,25H2,1-4H3,(H,37,42)(H,39,43)/t30-,31+/m1/s1. The summed E-state index contributed by atoms with van der Waals surface area (Å²) in [6.07, 6.45) is 15.3. The molecule has 8 nitrogen and oxygen atoms in total. The maximum Gasteiger partial charge on any atom is 0.255 e. The molecule has 3 aromatic rings. The van der Waals surface area contributed by atoms with Crippen molar-refractivity contribution in [2.24, 2.45) is 11.3 Å². The first-order valence-electron chi connectivity index (χ1n) is 17.2. The summed E-state index contributed by atoms with van der Waals surface area (Å²) in [5.74, 6) is 1.36. The van der Waals surface area contributed by atoms with Gasteiger partial charge in [0.05, 0.1) is 17.9 Å². The molecule has 0 saturated heterocycles. The number of unbranched alkanes of at least 4 members (excludes halogenated alkanes) is 2. The molecule has 2 fully saturated rings. The lowest BCUT2D eigenvalue weighted by molar-refractivity contribution is -0.124. The first-order chi connectivity index (χ1) is 21.6. The number of fused-ring (bicyclic) bond motifs is 1. The van der Waals surface area contributed by atoms with Gasteiger partial charge in [-0.15, -0.1) is 0 Å². The molecule has 0 bridgehead atoms. The van der Waals surface area contributed by atoms with Crippen LogP contribution < -0.4 is 10.9 Å². The van der Waals surface area contributed by atoms with Crippen molar-refractivity contribution in [1.29, 1.82) is 0 Å². The summed E-state index contributed by atoms with van der Waals surface area (Å²) in [5.41, 5.74) is 1.95. The first-order valence-corrected chi connectivity index (χ1v) is 20.9. The number of ether oxygens (including phenoxy) is 1. The molecule has 2 heterocycles. The van der Waals surface area contributed by atoms with E-state index in [1.807, 2.05) is 37.4 Å². The molecule has 2 aliphatic carbocycles. The molecule has 0 unspecified atom stereocenters. The van der Waals surface area contributed by atoms with Crippen LogP contribution in [0.1, 0.15) is 95.8 Å². The molecule has 2 atom stereocenters. The Kier molecular flexibility index (Phi) is 10.8. The van der Waals surface area contributed by atoms with E-state index in [-0.39, 0.29) is 28.8 Å². The summed E-state index contributed by atoms with van der Waals surface area (Å²) >= 11 is 0. The predicted molar refractivity (Wildman–Crippen MR) is 183 cm³/mol. The number of nitrogens with zero attached hydrogens (tertiary/aromatic N) is 2. The van der Waals surface area contributed by atoms with Gasteiger partial charge in [0.2, 0.25) is 5.91 Å². The zero-order valence-corrected chi connectivity index (χ0v) is 28.8. The number of aromatic amines is 1. The third-order valence-corrected chi connectivity index (χ3v) is 11.7. The molecule has 1 amide bonds. The van der Waals surface area contributed by atoms with Gasteiger partial charge in [-0.2, -0.15) is 0 Å². The van der Waals surface area contributed by atoms with Gasteiger partial charge in [0.1, 0.15) is 18.3 Å². The van der Waals surface area contributed by atoms with E-state index in [0.717, 1.165) is 73.5 Å². The maximum atomic E-state index is 13.8. The van der Waals surface area contributed by atoms with Gasteiger partial charge in [0, 0.05) is 50.6 Å². The minimum absolute atomic E-state index is 0.0944. The fraction of sp³-hybridized carbons (Fsp3) is 0.611. The van der Waals surface area contributed by atoms with Gasteiger partial charge < -0.3 is 19.6 Å². The summed E-state index contributed by atoms with van der Waals surface area (Å²) in [5, 5.41) is 4.96. The van der Waals surface area contributed by atoms with Gasteiger partial charge in [-0.3, -0.25) is 14.4 Å².